The highest BCUT2D eigenvalue weighted by molar-refractivity contribution is 5.56. The minimum absolute atomic E-state index is 0.129. The third-order valence-corrected chi connectivity index (χ3v) is 2.53. The number of nitrogens with zero attached hydrogens (tertiary/aromatic N) is 1. The predicted octanol–water partition coefficient (Wildman–Crippen LogP) is 2.31. The third kappa shape index (κ3) is 4.40. The molecule has 0 unspecified atom stereocenters. The first-order valence-electron chi connectivity index (χ1n) is 5.84. The van der Waals surface area contributed by atoms with Crippen LogP contribution < -0.4 is 10.6 Å². The molecule has 5 heteroatoms. The maximum absolute atomic E-state index is 10.6. The van der Waals surface area contributed by atoms with E-state index in [0.29, 0.717) is 0 Å². The van der Waals surface area contributed by atoms with Crippen molar-refractivity contribution in [2.75, 3.05) is 25.0 Å². The number of nitro benzene ring substituents is 1. The van der Waals surface area contributed by atoms with E-state index < -0.39 is 0 Å². The Kier molecular flexibility index (Phi) is 5.42. The van der Waals surface area contributed by atoms with E-state index in [1.165, 1.54) is 6.07 Å². The Balaban J connectivity index is 2.51. The molecular weight excluding hydrogens is 218 g/mol. The van der Waals surface area contributed by atoms with Gasteiger partial charge in [-0.05, 0) is 32.0 Å². The summed E-state index contributed by atoms with van der Waals surface area (Å²) in [5, 5.41) is 17.1. The van der Waals surface area contributed by atoms with Gasteiger partial charge in [0.1, 0.15) is 0 Å². The Bertz CT molecular complexity index is 380. The quantitative estimate of drug-likeness (QED) is 0.434. The molecule has 0 aromatic heterocycles. The topological polar surface area (TPSA) is 67.2 Å². The summed E-state index contributed by atoms with van der Waals surface area (Å²) in [5.74, 6) is 0. The van der Waals surface area contributed by atoms with Gasteiger partial charge < -0.3 is 10.6 Å². The zero-order valence-corrected chi connectivity index (χ0v) is 10.3. The minimum atomic E-state index is -0.372. The van der Waals surface area contributed by atoms with Crippen LogP contribution in [-0.4, -0.2) is 24.6 Å². The second-order valence-corrected chi connectivity index (χ2v) is 3.89. The summed E-state index contributed by atoms with van der Waals surface area (Å²) < 4.78 is 0. The zero-order chi connectivity index (χ0) is 12.7. The van der Waals surface area contributed by atoms with Crippen molar-refractivity contribution >= 4 is 11.4 Å². The van der Waals surface area contributed by atoms with E-state index in [4.69, 9.17) is 0 Å². The summed E-state index contributed by atoms with van der Waals surface area (Å²) in [7, 11) is 0. The average Bonchev–Trinajstić information content (AvgIpc) is 2.30. The first kappa shape index (κ1) is 13.4. The number of hydrogen-bond acceptors (Lipinski definition) is 4. The lowest BCUT2D eigenvalue weighted by molar-refractivity contribution is -0.384. The van der Waals surface area contributed by atoms with Crippen molar-refractivity contribution in [3.8, 4) is 0 Å². The van der Waals surface area contributed by atoms with Crippen LogP contribution in [0.15, 0.2) is 18.2 Å². The Morgan fingerprint density at radius 3 is 2.76 bits per heavy atom. The number of non-ortho nitro benzene ring substituents is 1. The second-order valence-electron chi connectivity index (χ2n) is 3.89. The maximum Gasteiger partial charge on any atom is 0.271 e. The fourth-order valence-electron chi connectivity index (χ4n) is 1.53. The van der Waals surface area contributed by atoms with E-state index in [1.807, 2.05) is 6.92 Å². The van der Waals surface area contributed by atoms with Gasteiger partial charge in [0.15, 0.2) is 0 Å². The van der Waals surface area contributed by atoms with E-state index in [1.54, 1.807) is 12.1 Å². The molecule has 94 valence electrons. The molecule has 0 atom stereocenters. The fraction of sp³-hybridized carbons (Fsp3) is 0.500. The minimum Gasteiger partial charge on any atom is -0.385 e. The number of nitro groups is 1. The molecule has 0 radical (unpaired) electrons. The van der Waals surface area contributed by atoms with Crippen LogP contribution in [0.5, 0.6) is 0 Å². The molecular formula is C12H19N3O2. The maximum atomic E-state index is 10.6. The van der Waals surface area contributed by atoms with Crippen LogP contribution in [-0.2, 0) is 0 Å². The van der Waals surface area contributed by atoms with Crippen LogP contribution in [0, 0.1) is 17.0 Å². The number of aryl methyl sites for hydroxylation is 1. The molecule has 2 N–H and O–H groups in total. The van der Waals surface area contributed by atoms with Gasteiger partial charge in [-0.2, -0.15) is 0 Å². The Morgan fingerprint density at radius 1 is 1.35 bits per heavy atom. The van der Waals surface area contributed by atoms with Crippen molar-refractivity contribution < 1.29 is 4.92 Å². The first-order chi connectivity index (χ1) is 8.15. The van der Waals surface area contributed by atoms with Gasteiger partial charge in [0, 0.05) is 24.4 Å². The van der Waals surface area contributed by atoms with Gasteiger partial charge in [0.2, 0.25) is 0 Å². The van der Waals surface area contributed by atoms with E-state index in [-0.39, 0.29) is 10.6 Å². The molecule has 0 amide bonds. The van der Waals surface area contributed by atoms with Crippen LogP contribution in [0.25, 0.3) is 0 Å². The lowest BCUT2D eigenvalue weighted by Crippen LogP contribution is -2.17. The fourth-order valence-corrected chi connectivity index (χ4v) is 1.53. The molecule has 17 heavy (non-hydrogen) atoms. The van der Waals surface area contributed by atoms with Crippen LogP contribution in [0.2, 0.25) is 0 Å². The predicted molar refractivity (Wildman–Crippen MR) is 69.5 cm³/mol. The van der Waals surface area contributed by atoms with Crippen molar-refractivity contribution in [2.45, 2.75) is 20.3 Å². The SMILES string of the molecule is CCNCCCNc1cc([N+](=O)[O-])ccc1C. The summed E-state index contributed by atoms with van der Waals surface area (Å²) in [4.78, 5) is 10.3. The first-order valence-corrected chi connectivity index (χ1v) is 5.84. The molecule has 0 saturated heterocycles. The second kappa shape index (κ2) is 6.85. The number of benzene rings is 1. The lowest BCUT2D eigenvalue weighted by Gasteiger charge is -2.09. The monoisotopic (exact) mass is 237 g/mol. The van der Waals surface area contributed by atoms with Gasteiger partial charge in [-0.1, -0.05) is 13.0 Å². The molecule has 0 aliphatic heterocycles. The highest BCUT2D eigenvalue weighted by Crippen LogP contribution is 2.21. The molecule has 0 fully saturated rings. The molecule has 0 spiro atoms. The van der Waals surface area contributed by atoms with E-state index in [9.17, 15) is 10.1 Å². The Hall–Kier alpha value is -1.62. The molecule has 1 aromatic rings. The molecule has 0 aliphatic carbocycles. The highest BCUT2D eigenvalue weighted by Gasteiger charge is 2.07. The molecule has 0 aliphatic rings. The van der Waals surface area contributed by atoms with Gasteiger partial charge in [0.25, 0.3) is 5.69 Å². The van der Waals surface area contributed by atoms with Crippen molar-refractivity contribution in [1.82, 2.24) is 5.32 Å². The van der Waals surface area contributed by atoms with Gasteiger partial charge in [-0.15, -0.1) is 0 Å². The Morgan fingerprint density at radius 2 is 2.12 bits per heavy atom. The van der Waals surface area contributed by atoms with Crippen LogP contribution in [0.1, 0.15) is 18.9 Å². The summed E-state index contributed by atoms with van der Waals surface area (Å²) in [6, 6.07) is 4.88. The van der Waals surface area contributed by atoms with Gasteiger partial charge in [0.05, 0.1) is 4.92 Å². The normalized spacial score (nSPS) is 10.2. The Labute approximate surface area is 101 Å². The van der Waals surface area contributed by atoms with E-state index in [0.717, 1.165) is 37.3 Å². The average molecular weight is 237 g/mol. The largest absolute Gasteiger partial charge is 0.385 e. The summed E-state index contributed by atoms with van der Waals surface area (Å²) in [5.41, 5.74) is 2.00. The number of hydrogen-bond donors (Lipinski definition) is 2. The lowest BCUT2D eigenvalue weighted by atomic mass is 10.2. The van der Waals surface area contributed by atoms with Crippen LogP contribution >= 0.6 is 0 Å². The van der Waals surface area contributed by atoms with Crippen LogP contribution in [0.4, 0.5) is 11.4 Å². The molecule has 5 nitrogen and oxygen atoms in total. The third-order valence-electron chi connectivity index (χ3n) is 2.53. The standard InChI is InChI=1S/C12H19N3O2/c1-3-13-7-4-8-14-12-9-11(15(16)17)6-5-10(12)2/h5-6,9,13-14H,3-4,7-8H2,1-2H3. The van der Waals surface area contributed by atoms with Crippen molar-refractivity contribution in [2.24, 2.45) is 0 Å². The molecule has 0 heterocycles. The molecule has 0 saturated carbocycles. The van der Waals surface area contributed by atoms with E-state index in [2.05, 4.69) is 17.6 Å². The summed E-state index contributed by atoms with van der Waals surface area (Å²) in [6.45, 7) is 6.75. The molecule has 1 aromatic carbocycles. The summed E-state index contributed by atoms with van der Waals surface area (Å²) in [6.07, 6.45) is 0.996. The van der Waals surface area contributed by atoms with Crippen molar-refractivity contribution in [1.29, 1.82) is 0 Å². The summed E-state index contributed by atoms with van der Waals surface area (Å²) >= 11 is 0. The van der Waals surface area contributed by atoms with Gasteiger partial charge >= 0.3 is 0 Å². The van der Waals surface area contributed by atoms with Gasteiger partial charge in [-0.25, -0.2) is 0 Å². The smallest absolute Gasteiger partial charge is 0.271 e. The number of rotatable bonds is 7. The zero-order valence-electron chi connectivity index (χ0n) is 10.3. The van der Waals surface area contributed by atoms with Gasteiger partial charge in [-0.3, -0.25) is 10.1 Å². The molecule has 0 bridgehead atoms. The van der Waals surface area contributed by atoms with Crippen molar-refractivity contribution in [3.05, 3.63) is 33.9 Å². The van der Waals surface area contributed by atoms with Crippen molar-refractivity contribution in [3.63, 3.8) is 0 Å². The highest BCUT2D eigenvalue weighted by atomic mass is 16.6. The number of anilines is 1. The molecule has 1 rings (SSSR count). The van der Waals surface area contributed by atoms with E-state index >= 15 is 0 Å². The van der Waals surface area contributed by atoms with Crippen LogP contribution in [0.3, 0.4) is 0 Å². The number of nitrogens with one attached hydrogen (secondary N) is 2.